The third kappa shape index (κ3) is 6.38. The van der Waals surface area contributed by atoms with E-state index in [0.717, 1.165) is 12.3 Å². The number of nitrogens with zero attached hydrogens (tertiary/aromatic N) is 1. The third-order valence-electron chi connectivity index (χ3n) is 4.58. The molecule has 1 aromatic carbocycles. The normalized spacial score (nSPS) is 20.6. The SMILES string of the molecule is CC(C)[C@H]1CN(CC(N)=O)C[C@@H]1NC(=O)CCCOc1ccccc1. The Morgan fingerprint density at radius 3 is 2.64 bits per heavy atom. The van der Waals surface area contributed by atoms with Crippen molar-refractivity contribution in [2.24, 2.45) is 17.6 Å². The minimum Gasteiger partial charge on any atom is -0.494 e. The van der Waals surface area contributed by atoms with Crippen molar-refractivity contribution in [2.75, 3.05) is 26.2 Å². The van der Waals surface area contributed by atoms with Crippen LogP contribution in [-0.2, 0) is 9.59 Å². The monoisotopic (exact) mass is 347 g/mol. The van der Waals surface area contributed by atoms with Gasteiger partial charge in [0.05, 0.1) is 13.2 Å². The van der Waals surface area contributed by atoms with Crippen LogP contribution in [0.5, 0.6) is 5.75 Å². The maximum atomic E-state index is 12.2. The van der Waals surface area contributed by atoms with Crippen LogP contribution >= 0.6 is 0 Å². The first-order valence-corrected chi connectivity index (χ1v) is 8.93. The molecule has 1 aliphatic rings. The number of ether oxygens (including phenoxy) is 1. The van der Waals surface area contributed by atoms with Crippen molar-refractivity contribution in [3.05, 3.63) is 30.3 Å². The van der Waals surface area contributed by atoms with E-state index in [0.29, 0.717) is 37.8 Å². The van der Waals surface area contributed by atoms with E-state index >= 15 is 0 Å². The zero-order valence-electron chi connectivity index (χ0n) is 15.1. The van der Waals surface area contributed by atoms with E-state index in [2.05, 4.69) is 19.2 Å². The number of nitrogens with two attached hydrogens (primary N) is 1. The molecule has 0 aliphatic carbocycles. The lowest BCUT2D eigenvalue weighted by molar-refractivity contribution is -0.122. The Hall–Kier alpha value is -2.08. The first kappa shape index (κ1) is 19.2. The molecule has 0 spiro atoms. The highest BCUT2D eigenvalue weighted by molar-refractivity contribution is 5.77. The fourth-order valence-electron chi connectivity index (χ4n) is 3.31. The zero-order valence-corrected chi connectivity index (χ0v) is 15.1. The number of carbonyl (C=O) groups excluding carboxylic acids is 2. The Balaban J connectivity index is 1.73. The Morgan fingerprint density at radius 1 is 1.28 bits per heavy atom. The van der Waals surface area contributed by atoms with Crippen LogP contribution < -0.4 is 15.8 Å². The lowest BCUT2D eigenvalue weighted by atomic mass is 9.91. The van der Waals surface area contributed by atoms with Gasteiger partial charge in [-0.3, -0.25) is 14.5 Å². The molecule has 2 rings (SSSR count). The zero-order chi connectivity index (χ0) is 18.2. The van der Waals surface area contributed by atoms with Gasteiger partial charge in [-0.15, -0.1) is 0 Å². The molecule has 0 unspecified atom stereocenters. The Kier molecular flexibility index (Phi) is 7.25. The molecule has 25 heavy (non-hydrogen) atoms. The Bertz CT molecular complexity index is 562. The molecule has 0 saturated carbocycles. The third-order valence-corrected chi connectivity index (χ3v) is 4.58. The summed E-state index contributed by atoms with van der Waals surface area (Å²) in [6.07, 6.45) is 1.11. The van der Waals surface area contributed by atoms with Gasteiger partial charge in [-0.1, -0.05) is 32.0 Å². The Labute approximate surface area is 149 Å². The van der Waals surface area contributed by atoms with Gasteiger partial charge in [0.2, 0.25) is 11.8 Å². The van der Waals surface area contributed by atoms with Crippen molar-refractivity contribution in [2.45, 2.75) is 32.7 Å². The quantitative estimate of drug-likeness (QED) is 0.662. The van der Waals surface area contributed by atoms with E-state index < -0.39 is 0 Å². The van der Waals surface area contributed by atoms with Crippen LogP contribution in [0.3, 0.4) is 0 Å². The van der Waals surface area contributed by atoms with Crippen molar-refractivity contribution in [1.29, 1.82) is 0 Å². The van der Waals surface area contributed by atoms with Crippen LogP contribution in [0.1, 0.15) is 26.7 Å². The number of para-hydroxylation sites is 1. The average molecular weight is 347 g/mol. The number of amides is 2. The van der Waals surface area contributed by atoms with Gasteiger partial charge in [-0.2, -0.15) is 0 Å². The van der Waals surface area contributed by atoms with Crippen molar-refractivity contribution in [3.8, 4) is 5.75 Å². The summed E-state index contributed by atoms with van der Waals surface area (Å²) in [4.78, 5) is 25.4. The summed E-state index contributed by atoms with van der Waals surface area (Å²) in [6, 6.07) is 9.66. The average Bonchev–Trinajstić information content (AvgIpc) is 2.94. The summed E-state index contributed by atoms with van der Waals surface area (Å²) in [7, 11) is 0. The topological polar surface area (TPSA) is 84.7 Å². The van der Waals surface area contributed by atoms with E-state index in [9.17, 15) is 9.59 Å². The van der Waals surface area contributed by atoms with E-state index in [1.165, 1.54) is 0 Å². The fraction of sp³-hybridized carbons (Fsp3) is 0.579. The number of hydrogen-bond donors (Lipinski definition) is 2. The summed E-state index contributed by atoms with van der Waals surface area (Å²) in [5, 5.41) is 3.12. The number of benzene rings is 1. The molecule has 6 nitrogen and oxygen atoms in total. The molecule has 1 aromatic rings. The lowest BCUT2D eigenvalue weighted by Crippen LogP contribution is -2.42. The van der Waals surface area contributed by atoms with Crippen molar-refractivity contribution in [1.82, 2.24) is 10.2 Å². The van der Waals surface area contributed by atoms with Gasteiger partial charge in [0.15, 0.2) is 0 Å². The van der Waals surface area contributed by atoms with Gasteiger partial charge in [0.1, 0.15) is 5.75 Å². The first-order chi connectivity index (χ1) is 12.0. The highest BCUT2D eigenvalue weighted by Gasteiger charge is 2.35. The molecule has 0 radical (unpaired) electrons. The molecule has 0 aromatic heterocycles. The smallest absolute Gasteiger partial charge is 0.231 e. The molecule has 3 N–H and O–H groups in total. The maximum absolute atomic E-state index is 12.2. The van der Waals surface area contributed by atoms with Crippen LogP contribution in [0.15, 0.2) is 30.3 Å². The van der Waals surface area contributed by atoms with E-state index in [4.69, 9.17) is 10.5 Å². The number of likely N-dealkylation sites (tertiary alicyclic amines) is 1. The maximum Gasteiger partial charge on any atom is 0.231 e. The molecule has 2 atom stereocenters. The van der Waals surface area contributed by atoms with Crippen LogP contribution in [0.25, 0.3) is 0 Å². The summed E-state index contributed by atoms with van der Waals surface area (Å²) >= 11 is 0. The number of nitrogens with one attached hydrogen (secondary N) is 1. The molecule has 1 saturated heterocycles. The number of hydrogen-bond acceptors (Lipinski definition) is 4. The molecular formula is C19H29N3O3. The molecule has 0 bridgehead atoms. The van der Waals surface area contributed by atoms with E-state index in [-0.39, 0.29) is 24.4 Å². The minimum atomic E-state index is -0.326. The molecule has 2 amide bonds. The summed E-state index contributed by atoms with van der Waals surface area (Å²) in [5.41, 5.74) is 5.29. The molecule has 1 fully saturated rings. The summed E-state index contributed by atoms with van der Waals surface area (Å²) < 4.78 is 5.61. The standard InChI is InChI=1S/C19H29N3O3/c1-14(2)16-11-22(13-18(20)23)12-17(16)21-19(24)9-6-10-25-15-7-4-3-5-8-15/h3-5,7-8,14,16-17H,6,9-13H2,1-2H3,(H2,20,23)(H,21,24)/t16-,17+/m1/s1. The predicted molar refractivity (Wildman–Crippen MR) is 97.1 cm³/mol. The second-order valence-electron chi connectivity index (χ2n) is 7.01. The van der Waals surface area contributed by atoms with E-state index in [1.807, 2.05) is 35.2 Å². The van der Waals surface area contributed by atoms with Gasteiger partial charge in [-0.05, 0) is 30.4 Å². The predicted octanol–water partition coefficient (Wildman–Crippen LogP) is 1.40. The van der Waals surface area contributed by atoms with Crippen LogP contribution in [0.4, 0.5) is 0 Å². The second kappa shape index (κ2) is 9.42. The second-order valence-corrected chi connectivity index (χ2v) is 7.01. The molecule has 138 valence electrons. The number of rotatable bonds is 9. The minimum absolute atomic E-state index is 0.0354. The van der Waals surface area contributed by atoms with Crippen molar-refractivity contribution < 1.29 is 14.3 Å². The largest absolute Gasteiger partial charge is 0.494 e. The van der Waals surface area contributed by atoms with Gasteiger partial charge >= 0.3 is 0 Å². The highest BCUT2D eigenvalue weighted by atomic mass is 16.5. The number of primary amides is 1. The molecular weight excluding hydrogens is 318 g/mol. The lowest BCUT2D eigenvalue weighted by Gasteiger charge is -2.23. The van der Waals surface area contributed by atoms with Crippen LogP contribution in [0, 0.1) is 11.8 Å². The molecule has 1 aliphatic heterocycles. The summed E-state index contributed by atoms with van der Waals surface area (Å²) in [5.74, 6) is 1.30. The van der Waals surface area contributed by atoms with Gasteiger partial charge in [0.25, 0.3) is 0 Å². The van der Waals surface area contributed by atoms with Gasteiger partial charge in [-0.25, -0.2) is 0 Å². The molecule has 1 heterocycles. The summed E-state index contributed by atoms with van der Waals surface area (Å²) in [6.45, 7) is 6.53. The van der Waals surface area contributed by atoms with Crippen LogP contribution in [0.2, 0.25) is 0 Å². The highest BCUT2D eigenvalue weighted by Crippen LogP contribution is 2.24. The fourth-order valence-corrected chi connectivity index (χ4v) is 3.31. The van der Waals surface area contributed by atoms with Gasteiger partial charge < -0.3 is 15.8 Å². The van der Waals surface area contributed by atoms with Crippen molar-refractivity contribution in [3.63, 3.8) is 0 Å². The van der Waals surface area contributed by atoms with E-state index in [1.54, 1.807) is 0 Å². The Morgan fingerprint density at radius 2 is 2.00 bits per heavy atom. The first-order valence-electron chi connectivity index (χ1n) is 8.93. The van der Waals surface area contributed by atoms with Crippen molar-refractivity contribution >= 4 is 11.8 Å². The number of carbonyl (C=O) groups is 2. The van der Waals surface area contributed by atoms with Crippen LogP contribution in [-0.4, -0.2) is 49.0 Å². The van der Waals surface area contributed by atoms with Gasteiger partial charge in [0, 0.05) is 25.6 Å². The molecule has 6 heteroatoms.